The van der Waals surface area contributed by atoms with Gasteiger partial charge >= 0.3 is 12.1 Å². The van der Waals surface area contributed by atoms with E-state index < -0.39 is 18.4 Å². The standard InChI is InChI=1S/C24H34ClNO5/c1-16(2)14-18(17(3)4)22(28)30-15-31-23(29)26(5)24(13-9-8-12-21(24)27)19-10-6-7-11-20(19)25/h6-7,10-11,16-18H,8-9,12-15H2,1-5H3/t18-,24-/m0/s1. The summed E-state index contributed by atoms with van der Waals surface area (Å²) in [6, 6.07) is 7.07. The summed E-state index contributed by atoms with van der Waals surface area (Å²) >= 11 is 6.41. The first-order chi connectivity index (χ1) is 14.6. The molecule has 7 heteroatoms. The molecule has 1 saturated carbocycles. The quantitative estimate of drug-likeness (QED) is 0.381. The van der Waals surface area contributed by atoms with Crippen LogP contribution in [-0.4, -0.2) is 36.6 Å². The first-order valence-corrected chi connectivity index (χ1v) is 11.3. The molecule has 6 nitrogen and oxygen atoms in total. The van der Waals surface area contributed by atoms with E-state index in [1.165, 1.54) is 11.9 Å². The molecule has 0 radical (unpaired) electrons. The Morgan fingerprint density at radius 2 is 1.81 bits per heavy atom. The molecular weight excluding hydrogens is 418 g/mol. The van der Waals surface area contributed by atoms with E-state index in [9.17, 15) is 14.4 Å². The van der Waals surface area contributed by atoms with Gasteiger partial charge in [0.25, 0.3) is 0 Å². The number of Topliss-reactive ketones (excluding diaryl/α,β-unsaturated/α-hetero) is 1. The molecule has 0 heterocycles. The maximum absolute atomic E-state index is 13.1. The van der Waals surface area contributed by atoms with Crippen molar-refractivity contribution < 1.29 is 23.9 Å². The first-order valence-electron chi connectivity index (χ1n) is 11.0. The van der Waals surface area contributed by atoms with Crippen LogP contribution in [-0.2, 0) is 24.6 Å². The van der Waals surface area contributed by atoms with Gasteiger partial charge in [-0.05, 0) is 43.6 Å². The van der Waals surface area contributed by atoms with Crippen LogP contribution in [0, 0.1) is 17.8 Å². The number of benzene rings is 1. The summed E-state index contributed by atoms with van der Waals surface area (Å²) in [6.45, 7) is 7.54. The summed E-state index contributed by atoms with van der Waals surface area (Å²) < 4.78 is 10.5. The van der Waals surface area contributed by atoms with E-state index in [0.717, 1.165) is 12.8 Å². The van der Waals surface area contributed by atoms with Gasteiger partial charge in [0.15, 0.2) is 5.78 Å². The van der Waals surface area contributed by atoms with Crippen LogP contribution in [0.3, 0.4) is 0 Å². The van der Waals surface area contributed by atoms with E-state index >= 15 is 0 Å². The van der Waals surface area contributed by atoms with Crippen molar-refractivity contribution in [1.29, 1.82) is 0 Å². The predicted molar refractivity (Wildman–Crippen MR) is 120 cm³/mol. The lowest BCUT2D eigenvalue weighted by molar-refractivity contribution is -0.160. The van der Waals surface area contributed by atoms with Gasteiger partial charge in [-0.15, -0.1) is 0 Å². The Morgan fingerprint density at radius 3 is 2.39 bits per heavy atom. The summed E-state index contributed by atoms with van der Waals surface area (Å²) in [7, 11) is 1.53. The lowest BCUT2D eigenvalue weighted by Crippen LogP contribution is -2.54. The maximum Gasteiger partial charge on any atom is 0.413 e. The van der Waals surface area contributed by atoms with Gasteiger partial charge in [-0.2, -0.15) is 0 Å². The van der Waals surface area contributed by atoms with Crippen molar-refractivity contribution in [3.63, 3.8) is 0 Å². The summed E-state index contributed by atoms with van der Waals surface area (Å²) in [5, 5.41) is 0.428. The molecule has 0 N–H and O–H groups in total. The van der Waals surface area contributed by atoms with Gasteiger partial charge in [0.1, 0.15) is 5.54 Å². The molecular formula is C24H34ClNO5. The van der Waals surface area contributed by atoms with Crippen LogP contribution in [0.25, 0.3) is 0 Å². The lowest BCUT2D eigenvalue weighted by Gasteiger charge is -2.43. The van der Waals surface area contributed by atoms with E-state index in [1.807, 2.05) is 27.7 Å². The number of rotatable bonds is 8. The van der Waals surface area contributed by atoms with Crippen molar-refractivity contribution in [3.8, 4) is 0 Å². The van der Waals surface area contributed by atoms with Crippen molar-refractivity contribution in [1.82, 2.24) is 4.90 Å². The molecule has 1 amide bonds. The molecule has 0 aliphatic heterocycles. The fourth-order valence-corrected chi connectivity index (χ4v) is 4.57. The highest BCUT2D eigenvalue weighted by atomic mass is 35.5. The number of hydrogen-bond acceptors (Lipinski definition) is 5. The number of esters is 1. The zero-order chi connectivity index (χ0) is 23.2. The number of halogens is 1. The summed E-state index contributed by atoms with van der Waals surface area (Å²) in [5.74, 6) is -0.238. The minimum Gasteiger partial charge on any atom is -0.428 e. The van der Waals surface area contributed by atoms with Crippen LogP contribution in [0.5, 0.6) is 0 Å². The van der Waals surface area contributed by atoms with Crippen LogP contribution < -0.4 is 0 Å². The fraction of sp³-hybridized carbons (Fsp3) is 0.625. The Morgan fingerprint density at radius 1 is 1.13 bits per heavy atom. The monoisotopic (exact) mass is 451 g/mol. The Balaban J connectivity index is 2.12. The van der Waals surface area contributed by atoms with Gasteiger partial charge in [0.2, 0.25) is 6.79 Å². The number of carbonyl (C=O) groups is 3. The molecule has 0 saturated heterocycles. The number of nitrogens with zero attached hydrogens (tertiary/aromatic N) is 1. The highest BCUT2D eigenvalue weighted by Gasteiger charge is 2.48. The maximum atomic E-state index is 13.1. The largest absolute Gasteiger partial charge is 0.428 e. The van der Waals surface area contributed by atoms with Crippen molar-refractivity contribution in [2.24, 2.45) is 17.8 Å². The molecule has 2 atom stereocenters. The van der Waals surface area contributed by atoms with Crippen molar-refractivity contribution in [2.45, 2.75) is 65.3 Å². The molecule has 0 spiro atoms. The molecule has 0 aromatic heterocycles. The zero-order valence-corrected chi connectivity index (χ0v) is 19.9. The van der Waals surface area contributed by atoms with Crippen LogP contribution in [0.1, 0.15) is 65.4 Å². The molecule has 31 heavy (non-hydrogen) atoms. The van der Waals surface area contributed by atoms with Gasteiger partial charge in [-0.3, -0.25) is 14.5 Å². The molecule has 0 bridgehead atoms. The average molecular weight is 452 g/mol. The number of amides is 1. The number of ether oxygens (including phenoxy) is 2. The third-order valence-electron chi connectivity index (χ3n) is 6.04. The Hall–Kier alpha value is -2.08. The summed E-state index contributed by atoms with van der Waals surface area (Å²) in [5.41, 5.74) is -0.592. The third-order valence-corrected chi connectivity index (χ3v) is 6.37. The lowest BCUT2D eigenvalue weighted by atomic mass is 9.74. The van der Waals surface area contributed by atoms with Gasteiger partial charge in [0, 0.05) is 24.1 Å². The van der Waals surface area contributed by atoms with Gasteiger partial charge < -0.3 is 9.47 Å². The van der Waals surface area contributed by atoms with E-state index in [0.29, 0.717) is 35.8 Å². The first kappa shape index (κ1) is 25.2. The van der Waals surface area contributed by atoms with E-state index in [-0.39, 0.29) is 23.6 Å². The smallest absolute Gasteiger partial charge is 0.413 e. The second-order valence-electron chi connectivity index (χ2n) is 9.00. The highest BCUT2D eigenvalue weighted by Crippen LogP contribution is 2.42. The third kappa shape index (κ3) is 5.79. The number of ketones is 1. The van der Waals surface area contributed by atoms with E-state index in [4.69, 9.17) is 21.1 Å². The van der Waals surface area contributed by atoms with Crippen LogP contribution in [0.4, 0.5) is 4.79 Å². The second kappa shape index (κ2) is 11.0. The zero-order valence-electron chi connectivity index (χ0n) is 19.2. The minimum absolute atomic E-state index is 0.0694. The van der Waals surface area contributed by atoms with Crippen molar-refractivity contribution in [3.05, 3.63) is 34.9 Å². The Kier molecular flexibility index (Phi) is 8.92. The van der Waals surface area contributed by atoms with Gasteiger partial charge in [-0.25, -0.2) is 4.79 Å². The fourth-order valence-electron chi connectivity index (χ4n) is 4.28. The van der Waals surface area contributed by atoms with Crippen molar-refractivity contribution in [2.75, 3.05) is 13.8 Å². The summed E-state index contributed by atoms with van der Waals surface area (Å²) in [4.78, 5) is 39.7. The van der Waals surface area contributed by atoms with Crippen LogP contribution in [0.15, 0.2) is 24.3 Å². The molecule has 1 aromatic rings. The normalized spacial score (nSPS) is 19.9. The molecule has 1 fully saturated rings. The summed E-state index contributed by atoms with van der Waals surface area (Å²) in [6.07, 6.45) is 2.36. The SMILES string of the molecule is CC(C)C[C@H](C(=O)OCOC(=O)N(C)[C@]1(c2ccccc2Cl)CCCCC1=O)C(C)C. The molecule has 2 rings (SSSR count). The number of likely N-dealkylation sites (N-methyl/N-ethyl adjacent to an activating group) is 1. The molecule has 1 aromatic carbocycles. The number of hydrogen-bond donors (Lipinski definition) is 0. The predicted octanol–water partition coefficient (Wildman–Crippen LogP) is 5.57. The molecule has 172 valence electrons. The average Bonchev–Trinajstić information content (AvgIpc) is 2.72. The second-order valence-corrected chi connectivity index (χ2v) is 9.41. The van der Waals surface area contributed by atoms with Crippen molar-refractivity contribution >= 4 is 29.4 Å². The Bertz CT molecular complexity index is 794. The molecule has 0 unspecified atom stereocenters. The minimum atomic E-state index is -1.18. The van der Waals surface area contributed by atoms with Gasteiger partial charge in [0.05, 0.1) is 5.92 Å². The molecule has 1 aliphatic rings. The van der Waals surface area contributed by atoms with E-state index in [1.54, 1.807) is 24.3 Å². The highest BCUT2D eigenvalue weighted by molar-refractivity contribution is 6.31. The number of carbonyl (C=O) groups excluding carboxylic acids is 3. The van der Waals surface area contributed by atoms with Crippen LogP contribution in [0.2, 0.25) is 5.02 Å². The Labute approximate surface area is 190 Å². The van der Waals surface area contributed by atoms with E-state index in [2.05, 4.69) is 0 Å². The molecule has 1 aliphatic carbocycles. The van der Waals surface area contributed by atoms with Crippen LogP contribution >= 0.6 is 11.6 Å². The topological polar surface area (TPSA) is 72.9 Å². The van der Waals surface area contributed by atoms with Gasteiger partial charge in [-0.1, -0.05) is 57.5 Å².